The second kappa shape index (κ2) is 5.35. The van der Waals surface area contributed by atoms with Gasteiger partial charge in [-0.3, -0.25) is 20.0 Å². The Morgan fingerprint density at radius 3 is 2.71 bits per heavy atom. The van der Waals surface area contributed by atoms with Gasteiger partial charge in [-0.1, -0.05) is 24.3 Å². The van der Waals surface area contributed by atoms with Crippen molar-refractivity contribution >= 4 is 5.91 Å². The first-order chi connectivity index (χ1) is 10.1. The zero-order chi connectivity index (χ0) is 14.8. The Morgan fingerprint density at radius 1 is 1.38 bits per heavy atom. The number of amides is 1. The molecule has 7 nitrogen and oxygen atoms in total. The lowest BCUT2D eigenvalue weighted by Gasteiger charge is -2.05. The molecule has 2 aromatic rings. The summed E-state index contributed by atoms with van der Waals surface area (Å²) < 4.78 is 0. The first kappa shape index (κ1) is 13.3. The summed E-state index contributed by atoms with van der Waals surface area (Å²) in [6.45, 7) is 0.378. The maximum atomic E-state index is 11.7. The van der Waals surface area contributed by atoms with Crippen molar-refractivity contribution in [3.63, 3.8) is 0 Å². The second-order valence-electron chi connectivity index (χ2n) is 5.08. The van der Waals surface area contributed by atoms with Crippen molar-refractivity contribution < 1.29 is 9.72 Å². The van der Waals surface area contributed by atoms with E-state index >= 15 is 0 Å². The largest absolute Gasteiger partial charge is 0.352 e. The molecule has 0 radical (unpaired) electrons. The molecule has 1 saturated carbocycles. The first-order valence-electron chi connectivity index (χ1n) is 6.65. The minimum atomic E-state index is -0.701. The summed E-state index contributed by atoms with van der Waals surface area (Å²) in [4.78, 5) is 21.9. The summed E-state index contributed by atoms with van der Waals surface area (Å²) in [5.74, 6) is -0.710. The van der Waals surface area contributed by atoms with Crippen molar-refractivity contribution in [1.29, 1.82) is 0 Å². The molecule has 0 unspecified atom stereocenters. The van der Waals surface area contributed by atoms with Crippen molar-refractivity contribution in [2.24, 2.45) is 5.92 Å². The predicted molar refractivity (Wildman–Crippen MR) is 74.8 cm³/mol. The fourth-order valence-electron chi connectivity index (χ4n) is 2.24. The van der Waals surface area contributed by atoms with E-state index in [0.29, 0.717) is 13.0 Å². The van der Waals surface area contributed by atoms with E-state index in [9.17, 15) is 14.9 Å². The minimum Gasteiger partial charge on any atom is -0.352 e. The number of aromatic amines is 1. The van der Waals surface area contributed by atoms with Gasteiger partial charge in [0.25, 0.3) is 0 Å². The lowest BCUT2D eigenvalue weighted by molar-refractivity contribution is -0.497. The molecule has 3 rings (SSSR count). The van der Waals surface area contributed by atoms with Crippen molar-refractivity contribution in [3.8, 4) is 11.3 Å². The molecule has 2 N–H and O–H groups in total. The van der Waals surface area contributed by atoms with Gasteiger partial charge in [-0.2, -0.15) is 5.10 Å². The van der Waals surface area contributed by atoms with Gasteiger partial charge in [-0.25, -0.2) is 0 Å². The molecule has 1 aliphatic rings. The molecule has 7 heteroatoms. The fraction of sp³-hybridized carbons (Fsp3) is 0.286. The molecule has 1 amide bonds. The molecule has 1 aromatic heterocycles. The number of nitrogens with one attached hydrogen (secondary N) is 2. The Kier molecular flexibility index (Phi) is 3.39. The standard InChI is InChI=1S/C14H14N4O3/c19-14(11-7-13(11)18(20)21)15-8-9-1-3-10(4-2-9)12-5-6-16-17-12/h1-6,11,13H,7-8H2,(H,15,19)(H,16,17)/t11-,13+/m1/s1. The van der Waals surface area contributed by atoms with Crippen LogP contribution in [0.5, 0.6) is 0 Å². The van der Waals surface area contributed by atoms with Crippen LogP contribution >= 0.6 is 0 Å². The van der Waals surface area contributed by atoms with Crippen molar-refractivity contribution in [1.82, 2.24) is 15.5 Å². The quantitative estimate of drug-likeness (QED) is 0.640. The third-order valence-corrected chi connectivity index (χ3v) is 3.60. The van der Waals surface area contributed by atoms with Crippen molar-refractivity contribution in [2.75, 3.05) is 0 Å². The van der Waals surface area contributed by atoms with Gasteiger partial charge in [0.05, 0.1) is 5.69 Å². The van der Waals surface area contributed by atoms with E-state index in [1.54, 1.807) is 6.20 Å². The number of rotatable bonds is 5. The number of aromatic nitrogens is 2. The lowest BCUT2D eigenvalue weighted by atomic mass is 10.1. The zero-order valence-corrected chi connectivity index (χ0v) is 11.2. The van der Waals surface area contributed by atoms with E-state index in [0.717, 1.165) is 16.8 Å². The van der Waals surface area contributed by atoms with Gasteiger partial charge in [0.1, 0.15) is 5.92 Å². The summed E-state index contributed by atoms with van der Waals surface area (Å²) in [6, 6.07) is 8.87. The SMILES string of the molecule is O=C(NCc1ccc(-c2ccn[nH]2)cc1)[C@@H]1C[C@@H]1[N+](=O)[O-]. The molecule has 108 valence electrons. The van der Waals surface area contributed by atoms with E-state index in [2.05, 4.69) is 15.5 Å². The number of carbonyl (C=O) groups is 1. The highest BCUT2D eigenvalue weighted by Gasteiger charge is 2.53. The highest BCUT2D eigenvalue weighted by molar-refractivity contribution is 5.81. The van der Waals surface area contributed by atoms with Crippen molar-refractivity contribution in [2.45, 2.75) is 19.0 Å². The molecule has 21 heavy (non-hydrogen) atoms. The number of benzene rings is 1. The van der Waals surface area contributed by atoms with Crippen LogP contribution in [0.3, 0.4) is 0 Å². The molecule has 0 spiro atoms. The summed E-state index contributed by atoms with van der Waals surface area (Å²) in [6.07, 6.45) is 2.03. The van der Waals surface area contributed by atoms with Crippen LogP contribution in [0.1, 0.15) is 12.0 Å². The number of hydrogen-bond acceptors (Lipinski definition) is 4. The third kappa shape index (κ3) is 2.91. The van der Waals surface area contributed by atoms with E-state index < -0.39 is 12.0 Å². The second-order valence-corrected chi connectivity index (χ2v) is 5.08. The summed E-state index contributed by atoms with van der Waals surface area (Å²) in [7, 11) is 0. The molecule has 1 heterocycles. The van der Waals surface area contributed by atoms with Gasteiger partial charge >= 0.3 is 0 Å². The van der Waals surface area contributed by atoms with E-state index in [-0.39, 0.29) is 10.8 Å². The summed E-state index contributed by atoms with van der Waals surface area (Å²) >= 11 is 0. The lowest BCUT2D eigenvalue weighted by Crippen LogP contribution is -2.26. The summed E-state index contributed by atoms with van der Waals surface area (Å²) in [5.41, 5.74) is 2.89. The van der Waals surface area contributed by atoms with Crippen LogP contribution in [0.15, 0.2) is 36.5 Å². The molecule has 2 atom stereocenters. The molecule has 1 aromatic carbocycles. The molecular weight excluding hydrogens is 272 g/mol. The van der Waals surface area contributed by atoms with Crippen LogP contribution in [0, 0.1) is 16.0 Å². The average molecular weight is 286 g/mol. The molecule has 1 aliphatic carbocycles. The van der Waals surface area contributed by atoms with E-state index in [1.165, 1.54) is 0 Å². The minimum absolute atomic E-state index is 0.241. The topological polar surface area (TPSA) is 101 Å². The van der Waals surface area contributed by atoms with Gasteiger partial charge in [0.2, 0.25) is 11.9 Å². The van der Waals surface area contributed by atoms with Gasteiger partial charge < -0.3 is 5.32 Å². The first-order valence-corrected chi connectivity index (χ1v) is 6.65. The molecular formula is C14H14N4O3. The number of nitro groups is 1. The Balaban J connectivity index is 1.54. The van der Waals surface area contributed by atoms with Crippen LogP contribution < -0.4 is 5.32 Å². The molecule has 0 aliphatic heterocycles. The maximum absolute atomic E-state index is 11.7. The Labute approximate surface area is 120 Å². The van der Waals surface area contributed by atoms with Crippen LogP contribution in [0.25, 0.3) is 11.3 Å². The predicted octanol–water partition coefficient (Wildman–Crippen LogP) is 1.36. The smallest absolute Gasteiger partial charge is 0.230 e. The highest BCUT2D eigenvalue weighted by atomic mass is 16.6. The number of carbonyl (C=O) groups excluding carboxylic acids is 1. The fourth-order valence-corrected chi connectivity index (χ4v) is 2.24. The van der Waals surface area contributed by atoms with Crippen LogP contribution in [0.2, 0.25) is 0 Å². The van der Waals surface area contributed by atoms with Crippen LogP contribution in [-0.2, 0) is 11.3 Å². The molecule has 0 bridgehead atoms. The Bertz CT molecular complexity index is 651. The number of nitrogens with zero attached hydrogens (tertiary/aromatic N) is 2. The number of hydrogen-bond donors (Lipinski definition) is 2. The van der Waals surface area contributed by atoms with Gasteiger partial charge in [-0.05, 0) is 17.2 Å². The van der Waals surface area contributed by atoms with Crippen molar-refractivity contribution in [3.05, 3.63) is 52.2 Å². The Morgan fingerprint density at radius 2 is 2.14 bits per heavy atom. The van der Waals surface area contributed by atoms with Gasteiger partial charge in [0, 0.05) is 24.1 Å². The normalized spacial score (nSPS) is 20.0. The number of H-pyrrole nitrogens is 1. The molecule has 0 saturated heterocycles. The summed E-state index contributed by atoms with van der Waals surface area (Å²) in [5, 5.41) is 20.0. The third-order valence-electron chi connectivity index (χ3n) is 3.60. The highest BCUT2D eigenvalue weighted by Crippen LogP contribution is 2.33. The monoisotopic (exact) mass is 286 g/mol. The van der Waals surface area contributed by atoms with Crippen LogP contribution in [-0.4, -0.2) is 27.1 Å². The van der Waals surface area contributed by atoms with Crippen LogP contribution in [0.4, 0.5) is 0 Å². The van der Waals surface area contributed by atoms with E-state index in [1.807, 2.05) is 30.3 Å². The Hall–Kier alpha value is -2.70. The molecule has 1 fully saturated rings. The van der Waals surface area contributed by atoms with E-state index in [4.69, 9.17) is 0 Å². The zero-order valence-electron chi connectivity index (χ0n) is 11.2. The van der Waals surface area contributed by atoms with Gasteiger partial charge in [0.15, 0.2) is 0 Å². The van der Waals surface area contributed by atoms with Gasteiger partial charge in [-0.15, -0.1) is 0 Å². The maximum Gasteiger partial charge on any atom is 0.230 e. The average Bonchev–Trinajstić information content (AvgIpc) is 3.12.